The second kappa shape index (κ2) is 9.26. The lowest BCUT2D eigenvalue weighted by molar-refractivity contribution is -0.137. The highest BCUT2D eigenvalue weighted by molar-refractivity contribution is 5.80. The van der Waals surface area contributed by atoms with Crippen molar-refractivity contribution in [3.05, 3.63) is 35.4 Å². The molecule has 2 atom stereocenters. The zero-order valence-corrected chi connectivity index (χ0v) is 15.6. The van der Waals surface area contributed by atoms with E-state index in [1.165, 1.54) is 12.1 Å². The van der Waals surface area contributed by atoms with Crippen LogP contribution in [0.3, 0.4) is 0 Å². The van der Waals surface area contributed by atoms with E-state index in [9.17, 15) is 13.2 Å². The Balaban J connectivity index is 1.85. The van der Waals surface area contributed by atoms with Gasteiger partial charge in [0.25, 0.3) is 0 Å². The van der Waals surface area contributed by atoms with Crippen molar-refractivity contribution in [2.45, 2.75) is 31.9 Å². The normalized spacial score (nSPS) is 19.7. The molecular formula is C19H28F3N3O. The molecule has 4 nitrogen and oxygen atoms in total. The SMILES string of the molecule is CN=C(NCCC(C)c1cccc(C(F)(F)F)c1)N1CCC(COC)C1. The second-order valence-corrected chi connectivity index (χ2v) is 6.84. The van der Waals surface area contributed by atoms with E-state index in [1.807, 2.05) is 6.92 Å². The minimum atomic E-state index is -4.30. The molecule has 0 aromatic heterocycles. The molecule has 0 spiro atoms. The van der Waals surface area contributed by atoms with Crippen LogP contribution in [0.1, 0.15) is 36.8 Å². The number of likely N-dealkylation sites (tertiary alicyclic amines) is 1. The van der Waals surface area contributed by atoms with Crippen molar-refractivity contribution in [1.29, 1.82) is 0 Å². The number of aliphatic imine (C=N–C) groups is 1. The number of nitrogens with zero attached hydrogens (tertiary/aromatic N) is 2. The average molecular weight is 371 g/mol. The molecule has 0 saturated carbocycles. The maximum absolute atomic E-state index is 12.9. The maximum atomic E-state index is 12.9. The molecule has 146 valence electrons. The molecule has 0 bridgehead atoms. The lowest BCUT2D eigenvalue weighted by atomic mass is 9.96. The van der Waals surface area contributed by atoms with Gasteiger partial charge in [-0.05, 0) is 30.4 Å². The van der Waals surface area contributed by atoms with Crippen LogP contribution < -0.4 is 5.32 Å². The topological polar surface area (TPSA) is 36.9 Å². The highest BCUT2D eigenvalue weighted by Crippen LogP contribution is 2.31. The van der Waals surface area contributed by atoms with Crippen molar-refractivity contribution >= 4 is 5.96 Å². The highest BCUT2D eigenvalue weighted by atomic mass is 19.4. The fourth-order valence-corrected chi connectivity index (χ4v) is 3.32. The third-order valence-electron chi connectivity index (χ3n) is 4.84. The summed E-state index contributed by atoms with van der Waals surface area (Å²) >= 11 is 0. The number of halogens is 3. The molecule has 1 heterocycles. The summed E-state index contributed by atoms with van der Waals surface area (Å²) in [5.41, 5.74) is 0.116. The first-order chi connectivity index (χ1) is 12.3. The van der Waals surface area contributed by atoms with Crippen molar-refractivity contribution in [1.82, 2.24) is 10.2 Å². The van der Waals surface area contributed by atoms with Gasteiger partial charge in [-0.2, -0.15) is 13.2 Å². The number of hydrogen-bond donors (Lipinski definition) is 1. The molecule has 26 heavy (non-hydrogen) atoms. The van der Waals surface area contributed by atoms with Gasteiger partial charge in [-0.1, -0.05) is 25.1 Å². The Kier molecular flexibility index (Phi) is 7.32. The van der Waals surface area contributed by atoms with Crippen molar-refractivity contribution in [3.8, 4) is 0 Å². The van der Waals surface area contributed by atoms with Gasteiger partial charge in [0.05, 0.1) is 12.2 Å². The van der Waals surface area contributed by atoms with Crippen molar-refractivity contribution in [2.75, 3.05) is 40.4 Å². The third kappa shape index (κ3) is 5.62. The molecule has 1 aliphatic heterocycles. The first kappa shape index (κ1) is 20.6. The Labute approximate surface area is 153 Å². The monoisotopic (exact) mass is 371 g/mol. The van der Waals surface area contributed by atoms with Gasteiger partial charge in [0.15, 0.2) is 5.96 Å². The standard InChI is InChI=1S/C19H28F3N3O/c1-14(16-5-4-6-17(11-16)19(20,21)22)7-9-24-18(23-2)25-10-8-15(12-25)13-26-3/h4-6,11,14-15H,7-10,12-13H2,1-3H3,(H,23,24). The van der Waals surface area contributed by atoms with Crippen LogP contribution in [0.2, 0.25) is 0 Å². The zero-order valence-electron chi connectivity index (χ0n) is 15.6. The first-order valence-corrected chi connectivity index (χ1v) is 8.96. The van der Waals surface area contributed by atoms with Crippen LogP contribution in [0.25, 0.3) is 0 Å². The number of hydrogen-bond acceptors (Lipinski definition) is 2. The molecule has 2 unspecified atom stereocenters. The first-order valence-electron chi connectivity index (χ1n) is 8.96. The molecule has 7 heteroatoms. The van der Waals surface area contributed by atoms with E-state index in [0.717, 1.165) is 44.6 Å². The van der Waals surface area contributed by atoms with E-state index in [1.54, 1.807) is 20.2 Å². The Morgan fingerprint density at radius 1 is 1.42 bits per heavy atom. The zero-order chi connectivity index (χ0) is 19.2. The summed E-state index contributed by atoms with van der Waals surface area (Å²) in [6, 6.07) is 5.58. The number of methoxy groups -OCH3 is 1. The van der Waals surface area contributed by atoms with Crippen molar-refractivity contribution in [3.63, 3.8) is 0 Å². The van der Waals surface area contributed by atoms with Crippen molar-refractivity contribution < 1.29 is 17.9 Å². The number of benzene rings is 1. The fraction of sp³-hybridized carbons (Fsp3) is 0.632. The Morgan fingerprint density at radius 3 is 2.85 bits per heavy atom. The summed E-state index contributed by atoms with van der Waals surface area (Å²) in [7, 11) is 3.47. The minimum absolute atomic E-state index is 0.0303. The lowest BCUT2D eigenvalue weighted by Gasteiger charge is -2.22. The average Bonchev–Trinajstić information content (AvgIpc) is 3.06. The van der Waals surface area contributed by atoms with Gasteiger partial charge in [0.1, 0.15) is 0 Å². The van der Waals surface area contributed by atoms with Crippen LogP contribution in [0.5, 0.6) is 0 Å². The van der Waals surface area contributed by atoms with Gasteiger partial charge in [0.2, 0.25) is 0 Å². The summed E-state index contributed by atoms with van der Waals surface area (Å²) in [5.74, 6) is 1.39. The molecule has 0 aliphatic carbocycles. The van der Waals surface area contributed by atoms with Gasteiger partial charge in [-0.25, -0.2) is 0 Å². The van der Waals surface area contributed by atoms with E-state index >= 15 is 0 Å². The Morgan fingerprint density at radius 2 is 2.19 bits per heavy atom. The van der Waals surface area contributed by atoms with Crippen LogP contribution in [0.15, 0.2) is 29.3 Å². The molecule has 1 fully saturated rings. The van der Waals surface area contributed by atoms with Crippen LogP contribution in [-0.2, 0) is 10.9 Å². The number of nitrogens with one attached hydrogen (secondary N) is 1. The van der Waals surface area contributed by atoms with E-state index < -0.39 is 11.7 Å². The van der Waals surface area contributed by atoms with E-state index in [-0.39, 0.29) is 5.92 Å². The number of guanidine groups is 1. The summed E-state index contributed by atoms with van der Waals surface area (Å²) in [6.45, 7) is 5.22. The fourth-order valence-electron chi connectivity index (χ4n) is 3.32. The van der Waals surface area contributed by atoms with Gasteiger partial charge >= 0.3 is 6.18 Å². The number of alkyl halides is 3. The minimum Gasteiger partial charge on any atom is -0.384 e. The summed E-state index contributed by atoms with van der Waals surface area (Å²) in [5, 5.41) is 3.33. The van der Waals surface area contributed by atoms with E-state index in [4.69, 9.17) is 4.74 Å². The number of ether oxygens (including phenoxy) is 1. The predicted octanol–water partition coefficient (Wildman–Crippen LogP) is 3.74. The van der Waals surface area contributed by atoms with Crippen molar-refractivity contribution in [2.24, 2.45) is 10.9 Å². The number of rotatable bonds is 6. The molecule has 2 rings (SSSR count). The lowest BCUT2D eigenvalue weighted by Crippen LogP contribution is -2.40. The molecule has 1 aromatic carbocycles. The van der Waals surface area contributed by atoms with Crippen LogP contribution in [0, 0.1) is 5.92 Å². The van der Waals surface area contributed by atoms with Gasteiger partial charge in [0, 0.05) is 39.7 Å². The van der Waals surface area contributed by atoms with E-state index in [0.29, 0.717) is 18.0 Å². The largest absolute Gasteiger partial charge is 0.416 e. The van der Waals surface area contributed by atoms with Gasteiger partial charge in [-0.3, -0.25) is 4.99 Å². The van der Waals surface area contributed by atoms with Crippen LogP contribution in [-0.4, -0.2) is 51.3 Å². The molecule has 1 saturated heterocycles. The molecule has 1 N–H and O–H groups in total. The Hall–Kier alpha value is -1.76. The Bertz CT molecular complexity index is 604. The second-order valence-electron chi connectivity index (χ2n) is 6.84. The third-order valence-corrected chi connectivity index (χ3v) is 4.84. The summed E-state index contributed by atoms with van der Waals surface area (Å²) in [4.78, 5) is 6.53. The predicted molar refractivity (Wildman–Crippen MR) is 97.4 cm³/mol. The molecular weight excluding hydrogens is 343 g/mol. The maximum Gasteiger partial charge on any atom is 0.416 e. The van der Waals surface area contributed by atoms with Crippen LogP contribution >= 0.6 is 0 Å². The van der Waals surface area contributed by atoms with Gasteiger partial charge < -0.3 is 15.0 Å². The molecule has 1 aromatic rings. The quantitative estimate of drug-likeness (QED) is 0.611. The summed E-state index contributed by atoms with van der Waals surface area (Å²) in [6.07, 6.45) is -2.49. The molecule has 0 radical (unpaired) electrons. The van der Waals surface area contributed by atoms with Gasteiger partial charge in [-0.15, -0.1) is 0 Å². The van der Waals surface area contributed by atoms with Crippen LogP contribution in [0.4, 0.5) is 13.2 Å². The smallest absolute Gasteiger partial charge is 0.384 e. The summed E-state index contributed by atoms with van der Waals surface area (Å²) < 4.78 is 43.8. The highest BCUT2D eigenvalue weighted by Gasteiger charge is 2.30. The molecule has 1 aliphatic rings. The molecule has 0 amide bonds. The van der Waals surface area contributed by atoms with E-state index in [2.05, 4.69) is 15.2 Å².